The summed E-state index contributed by atoms with van der Waals surface area (Å²) in [4.78, 5) is 2.32. The Morgan fingerprint density at radius 1 is 0.933 bits per heavy atom. The summed E-state index contributed by atoms with van der Waals surface area (Å²) in [6.45, 7) is 10.8. The van der Waals surface area contributed by atoms with Crippen LogP contribution < -0.4 is 0 Å². The summed E-state index contributed by atoms with van der Waals surface area (Å²) >= 11 is -0.435. The summed E-state index contributed by atoms with van der Waals surface area (Å²) in [5, 5.41) is 4.64. The molecule has 0 spiro atoms. The van der Waals surface area contributed by atoms with E-state index >= 15 is 0 Å². The van der Waals surface area contributed by atoms with Crippen molar-refractivity contribution in [2.75, 3.05) is 20.6 Å². The standard InChI is InChI=1S/C5H12N.2C4H9.Al/c1-4-5-6(2)3;2*1-4(2)3;/h1,4-5H2,2-3H3;2*4H,1H2,2-3H3;. The maximum atomic E-state index is 2.38. The van der Waals surface area contributed by atoms with Crippen LogP contribution in [0, 0.1) is 11.8 Å². The molecule has 0 bridgehead atoms. The minimum atomic E-state index is -0.435. The molecule has 0 N–H and O–H groups in total. The molecule has 0 saturated heterocycles. The Hall–Kier alpha value is 0.492. The van der Waals surface area contributed by atoms with Gasteiger partial charge in [-0.3, -0.25) is 0 Å². The van der Waals surface area contributed by atoms with Gasteiger partial charge in [0.25, 0.3) is 14.1 Å². The van der Waals surface area contributed by atoms with Crippen molar-refractivity contribution in [3.05, 3.63) is 0 Å². The third-order valence-corrected chi connectivity index (χ3v) is 7.27. The highest BCUT2D eigenvalue weighted by Crippen LogP contribution is 2.19. The van der Waals surface area contributed by atoms with Crippen LogP contribution in [0.1, 0.15) is 34.1 Å². The first-order chi connectivity index (χ1) is 6.91. The lowest BCUT2D eigenvalue weighted by atomic mass is 10.3. The minimum absolute atomic E-state index is 0.435. The van der Waals surface area contributed by atoms with Gasteiger partial charge in [-0.1, -0.05) is 61.8 Å². The molecule has 0 fully saturated rings. The van der Waals surface area contributed by atoms with E-state index in [1.165, 1.54) is 13.0 Å². The van der Waals surface area contributed by atoms with Crippen LogP contribution in [0.3, 0.4) is 0 Å². The van der Waals surface area contributed by atoms with Crippen LogP contribution in [-0.4, -0.2) is 39.7 Å². The van der Waals surface area contributed by atoms with Crippen LogP contribution in [0.25, 0.3) is 0 Å². The molecule has 0 atom stereocenters. The van der Waals surface area contributed by atoms with Crippen molar-refractivity contribution >= 4 is 14.1 Å². The van der Waals surface area contributed by atoms with Crippen molar-refractivity contribution in [3.8, 4) is 0 Å². The molecule has 1 nitrogen and oxygen atoms in total. The highest BCUT2D eigenvalue weighted by molar-refractivity contribution is 6.58. The largest absolute Gasteiger partial charge is 0.309 e. The number of rotatable bonds is 8. The summed E-state index contributed by atoms with van der Waals surface area (Å²) in [6.07, 6.45) is 1.42. The maximum Gasteiger partial charge on any atom is 0.262 e. The zero-order chi connectivity index (χ0) is 11.8. The second-order valence-electron chi connectivity index (χ2n) is 6.07. The highest BCUT2D eigenvalue weighted by atomic mass is 27.2. The number of nitrogens with zero attached hydrogens (tertiary/aromatic N) is 1. The molecule has 0 unspecified atom stereocenters. The molecule has 0 rings (SSSR count). The average molecular weight is 227 g/mol. The summed E-state index contributed by atoms with van der Waals surface area (Å²) < 4.78 is 0. The maximum absolute atomic E-state index is 2.38. The van der Waals surface area contributed by atoms with Crippen LogP contribution in [-0.2, 0) is 0 Å². The fraction of sp³-hybridized carbons (Fsp3) is 1.00. The van der Waals surface area contributed by atoms with E-state index in [0.717, 1.165) is 11.8 Å². The van der Waals surface area contributed by atoms with Crippen LogP contribution in [0.4, 0.5) is 0 Å². The zero-order valence-corrected chi connectivity index (χ0v) is 12.9. The lowest BCUT2D eigenvalue weighted by Gasteiger charge is -2.17. The van der Waals surface area contributed by atoms with E-state index in [4.69, 9.17) is 0 Å². The minimum Gasteiger partial charge on any atom is -0.309 e. The van der Waals surface area contributed by atoms with Gasteiger partial charge in [-0.05, 0) is 20.6 Å². The van der Waals surface area contributed by atoms with Gasteiger partial charge in [-0.25, -0.2) is 0 Å². The SMILES string of the molecule is CC(C)[CH2][Al]([CH2]CCN(C)C)[CH2]C(C)C. The normalized spacial score (nSPS) is 11.8. The molecular weight excluding hydrogens is 197 g/mol. The van der Waals surface area contributed by atoms with Crippen molar-refractivity contribution in [2.24, 2.45) is 11.8 Å². The highest BCUT2D eigenvalue weighted by Gasteiger charge is 2.19. The van der Waals surface area contributed by atoms with Crippen molar-refractivity contribution in [1.82, 2.24) is 4.90 Å². The van der Waals surface area contributed by atoms with Crippen LogP contribution in [0.5, 0.6) is 0 Å². The first-order valence-electron chi connectivity index (χ1n) is 6.56. The van der Waals surface area contributed by atoms with Gasteiger partial charge in [0.1, 0.15) is 0 Å². The first kappa shape index (κ1) is 15.5. The number of hydrogen-bond acceptors (Lipinski definition) is 1. The average Bonchev–Trinajstić information content (AvgIpc) is 2.00. The summed E-state index contributed by atoms with van der Waals surface area (Å²) in [7, 11) is 4.36. The molecule has 0 amide bonds. The molecule has 2 heteroatoms. The Bertz CT molecular complexity index is 133. The molecule has 0 aromatic rings. The molecule has 0 aliphatic carbocycles. The second-order valence-corrected chi connectivity index (χ2v) is 9.32. The predicted octanol–water partition coefficient (Wildman–Crippen LogP) is 3.74. The van der Waals surface area contributed by atoms with Crippen LogP contribution in [0.2, 0.25) is 15.8 Å². The van der Waals surface area contributed by atoms with Gasteiger partial charge in [-0.2, -0.15) is 0 Å². The van der Waals surface area contributed by atoms with Crippen molar-refractivity contribution < 1.29 is 0 Å². The molecule has 0 aliphatic heterocycles. The predicted molar refractivity (Wildman–Crippen MR) is 73.0 cm³/mol. The Morgan fingerprint density at radius 3 is 1.73 bits per heavy atom. The Morgan fingerprint density at radius 2 is 1.40 bits per heavy atom. The number of hydrogen-bond donors (Lipinski definition) is 0. The van der Waals surface area contributed by atoms with Gasteiger partial charge in [0, 0.05) is 0 Å². The van der Waals surface area contributed by atoms with Crippen molar-refractivity contribution in [2.45, 2.75) is 50.0 Å². The first-order valence-corrected chi connectivity index (χ1v) is 9.01. The van der Waals surface area contributed by atoms with Gasteiger partial charge in [-0.15, -0.1) is 0 Å². The van der Waals surface area contributed by atoms with Gasteiger partial charge in [0.2, 0.25) is 0 Å². The molecule has 0 aliphatic rings. The molecule has 0 aromatic heterocycles. The Balaban J connectivity index is 3.79. The van der Waals surface area contributed by atoms with E-state index in [1.807, 2.05) is 0 Å². The zero-order valence-electron chi connectivity index (χ0n) is 11.7. The van der Waals surface area contributed by atoms with Crippen molar-refractivity contribution in [3.63, 3.8) is 0 Å². The van der Waals surface area contributed by atoms with Gasteiger partial charge < -0.3 is 4.90 Å². The molecule has 0 saturated carbocycles. The van der Waals surface area contributed by atoms with Crippen LogP contribution >= 0.6 is 0 Å². The molecule has 90 valence electrons. The smallest absolute Gasteiger partial charge is 0.262 e. The monoisotopic (exact) mass is 227 g/mol. The topological polar surface area (TPSA) is 3.24 Å². The van der Waals surface area contributed by atoms with E-state index in [0.29, 0.717) is 0 Å². The van der Waals surface area contributed by atoms with Gasteiger partial charge >= 0.3 is 0 Å². The summed E-state index contributed by atoms with van der Waals surface area (Å²) in [6, 6.07) is 0. The van der Waals surface area contributed by atoms with E-state index in [-0.39, 0.29) is 0 Å². The van der Waals surface area contributed by atoms with E-state index in [9.17, 15) is 0 Å². The van der Waals surface area contributed by atoms with Gasteiger partial charge in [0.15, 0.2) is 0 Å². The van der Waals surface area contributed by atoms with E-state index < -0.39 is 14.1 Å². The molecule has 0 aromatic carbocycles. The Labute approximate surface area is 102 Å². The van der Waals surface area contributed by atoms with E-state index in [1.54, 1.807) is 15.8 Å². The lowest BCUT2D eigenvalue weighted by Crippen LogP contribution is -2.20. The molecular formula is C13H30AlN. The third kappa shape index (κ3) is 10.8. The third-order valence-electron chi connectivity index (χ3n) is 2.83. The summed E-state index contributed by atoms with van der Waals surface area (Å²) in [5.74, 6) is 1.83. The fourth-order valence-corrected chi connectivity index (χ4v) is 6.45. The van der Waals surface area contributed by atoms with E-state index in [2.05, 4.69) is 46.7 Å². The van der Waals surface area contributed by atoms with Gasteiger partial charge in [0.05, 0.1) is 0 Å². The summed E-state index contributed by atoms with van der Waals surface area (Å²) in [5.41, 5.74) is 0. The molecule has 0 radical (unpaired) electrons. The Kier molecular flexibility index (Phi) is 8.91. The molecule has 15 heavy (non-hydrogen) atoms. The lowest BCUT2D eigenvalue weighted by molar-refractivity contribution is 0.407. The second kappa shape index (κ2) is 8.62. The van der Waals surface area contributed by atoms with Crippen LogP contribution in [0.15, 0.2) is 0 Å². The molecule has 0 heterocycles. The fourth-order valence-electron chi connectivity index (χ4n) is 2.36. The van der Waals surface area contributed by atoms with Crippen molar-refractivity contribution in [1.29, 1.82) is 0 Å². The quantitative estimate of drug-likeness (QED) is 0.571.